The summed E-state index contributed by atoms with van der Waals surface area (Å²) in [6.07, 6.45) is -1.51. The van der Waals surface area contributed by atoms with Crippen molar-refractivity contribution >= 4 is 5.91 Å². The molecule has 14 heavy (non-hydrogen) atoms. The lowest BCUT2D eigenvalue weighted by Gasteiger charge is -2.24. The Labute approximate surface area is 80.7 Å². The van der Waals surface area contributed by atoms with Crippen LogP contribution in [0.3, 0.4) is 0 Å². The zero-order chi connectivity index (χ0) is 10.8. The second kappa shape index (κ2) is 4.18. The largest absolute Gasteiger partial charge is 0.395 e. The highest BCUT2D eigenvalue weighted by Crippen LogP contribution is 2.34. The van der Waals surface area contributed by atoms with E-state index >= 15 is 0 Å². The number of amides is 1. The van der Waals surface area contributed by atoms with Gasteiger partial charge in [0.2, 0.25) is 5.91 Å². The van der Waals surface area contributed by atoms with Gasteiger partial charge in [0.25, 0.3) is 6.43 Å². The molecule has 1 amide bonds. The number of alkyl halides is 2. The van der Waals surface area contributed by atoms with Gasteiger partial charge in [-0.15, -0.1) is 0 Å². The molecule has 0 heterocycles. The molecule has 0 aromatic carbocycles. The summed E-state index contributed by atoms with van der Waals surface area (Å²) in [4.78, 5) is 12.4. The first-order valence-corrected chi connectivity index (χ1v) is 4.47. The summed E-state index contributed by atoms with van der Waals surface area (Å²) in [6, 6.07) is 0. The monoisotopic (exact) mass is 208 g/mol. The lowest BCUT2D eigenvalue weighted by atomic mass is 10.2. The Hall–Kier alpha value is -0.750. The number of hydrogen-bond acceptors (Lipinski definition) is 3. The van der Waals surface area contributed by atoms with Crippen LogP contribution in [-0.2, 0) is 4.79 Å². The minimum Gasteiger partial charge on any atom is -0.395 e. The molecule has 1 aliphatic rings. The van der Waals surface area contributed by atoms with E-state index in [-0.39, 0.29) is 13.2 Å². The van der Waals surface area contributed by atoms with Crippen molar-refractivity contribution in [3.05, 3.63) is 0 Å². The zero-order valence-corrected chi connectivity index (χ0v) is 7.75. The molecule has 82 valence electrons. The van der Waals surface area contributed by atoms with Gasteiger partial charge in [0.05, 0.1) is 18.7 Å². The van der Waals surface area contributed by atoms with Gasteiger partial charge in [-0.05, 0) is 12.8 Å². The SMILES string of the molecule is NC1(C(=O)N(CCO)CC(F)F)CC1. The minimum absolute atomic E-state index is 0.0812. The molecule has 0 aliphatic heterocycles. The Kier molecular flexibility index (Phi) is 3.38. The molecular formula is C8H14F2N2O2. The maximum Gasteiger partial charge on any atom is 0.255 e. The number of carbonyl (C=O) groups is 1. The summed E-state index contributed by atoms with van der Waals surface area (Å²) >= 11 is 0. The Bertz CT molecular complexity index is 219. The number of aliphatic hydroxyl groups is 1. The van der Waals surface area contributed by atoms with Crippen LogP contribution in [0, 0.1) is 0 Å². The standard InChI is InChI=1S/C8H14F2N2O2/c9-6(10)5-12(3-4-13)7(14)8(11)1-2-8/h6,13H,1-5,11H2. The molecule has 0 radical (unpaired) electrons. The van der Waals surface area contributed by atoms with Gasteiger partial charge in [-0.2, -0.15) is 0 Å². The van der Waals surface area contributed by atoms with Crippen molar-refractivity contribution in [1.29, 1.82) is 0 Å². The normalized spacial score (nSPS) is 18.4. The van der Waals surface area contributed by atoms with E-state index in [2.05, 4.69) is 0 Å². The number of nitrogens with two attached hydrogens (primary N) is 1. The van der Waals surface area contributed by atoms with Crippen molar-refractivity contribution in [2.24, 2.45) is 5.73 Å². The predicted molar refractivity (Wildman–Crippen MR) is 45.8 cm³/mol. The molecule has 0 spiro atoms. The molecule has 1 rings (SSSR count). The van der Waals surface area contributed by atoms with Crippen molar-refractivity contribution in [2.45, 2.75) is 24.8 Å². The number of rotatable bonds is 5. The van der Waals surface area contributed by atoms with Crippen LogP contribution in [0.2, 0.25) is 0 Å². The molecule has 6 heteroatoms. The van der Waals surface area contributed by atoms with Crippen molar-refractivity contribution in [3.63, 3.8) is 0 Å². The molecular weight excluding hydrogens is 194 g/mol. The lowest BCUT2D eigenvalue weighted by molar-refractivity contribution is -0.136. The van der Waals surface area contributed by atoms with Gasteiger partial charge < -0.3 is 15.7 Å². The summed E-state index contributed by atoms with van der Waals surface area (Å²) < 4.78 is 24.1. The molecule has 1 aliphatic carbocycles. The third kappa shape index (κ3) is 2.62. The van der Waals surface area contributed by atoms with Gasteiger partial charge in [-0.1, -0.05) is 0 Å². The highest BCUT2D eigenvalue weighted by Gasteiger charge is 2.48. The fourth-order valence-corrected chi connectivity index (χ4v) is 1.23. The van der Waals surface area contributed by atoms with Gasteiger partial charge in [0, 0.05) is 6.54 Å². The van der Waals surface area contributed by atoms with Crippen LogP contribution >= 0.6 is 0 Å². The van der Waals surface area contributed by atoms with E-state index in [1.54, 1.807) is 0 Å². The van der Waals surface area contributed by atoms with Crippen LogP contribution in [0.25, 0.3) is 0 Å². The van der Waals surface area contributed by atoms with E-state index in [1.165, 1.54) is 0 Å². The van der Waals surface area contributed by atoms with E-state index in [0.717, 1.165) is 4.90 Å². The Morgan fingerprint density at radius 2 is 2.14 bits per heavy atom. The Morgan fingerprint density at radius 3 is 2.50 bits per heavy atom. The first-order chi connectivity index (χ1) is 6.49. The van der Waals surface area contributed by atoms with Crippen LogP contribution < -0.4 is 5.73 Å². The van der Waals surface area contributed by atoms with E-state index in [9.17, 15) is 13.6 Å². The van der Waals surface area contributed by atoms with E-state index in [4.69, 9.17) is 10.8 Å². The van der Waals surface area contributed by atoms with Crippen LogP contribution in [0.1, 0.15) is 12.8 Å². The Balaban J connectivity index is 2.53. The minimum atomic E-state index is -2.59. The van der Waals surface area contributed by atoms with Gasteiger partial charge in [0.15, 0.2) is 0 Å². The summed E-state index contributed by atoms with van der Waals surface area (Å²) in [5.74, 6) is -0.480. The maximum absolute atomic E-state index is 12.1. The van der Waals surface area contributed by atoms with Crippen molar-refractivity contribution < 1.29 is 18.7 Å². The van der Waals surface area contributed by atoms with Crippen LogP contribution in [0.5, 0.6) is 0 Å². The first kappa shape index (κ1) is 11.3. The third-order valence-corrected chi connectivity index (χ3v) is 2.23. The summed E-state index contributed by atoms with van der Waals surface area (Å²) in [6.45, 7) is -1.06. The number of halogens is 2. The number of aliphatic hydroxyl groups excluding tert-OH is 1. The topological polar surface area (TPSA) is 66.6 Å². The second-order valence-electron chi connectivity index (χ2n) is 3.52. The lowest BCUT2D eigenvalue weighted by Crippen LogP contribution is -2.48. The van der Waals surface area contributed by atoms with E-state index in [0.29, 0.717) is 12.8 Å². The summed E-state index contributed by atoms with van der Waals surface area (Å²) in [5, 5.41) is 8.60. The van der Waals surface area contributed by atoms with Crippen LogP contribution in [0.4, 0.5) is 8.78 Å². The maximum atomic E-state index is 12.1. The smallest absolute Gasteiger partial charge is 0.255 e. The van der Waals surface area contributed by atoms with Crippen molar-refractivity contribution in [1.82, 2.24) is 4.90 Å². The van der Waals surface area contributed by atoms with Gasteiger partial charge in [-0.25, -0.2) is 8.78 Å². The van der Waals surface area contributed by atoms with Crippen LogP contribution in [-0.4, -0.2) is 47.6 Å². The second-order valence-corrected chi connectivity index (χ2v) is 3.52. The summed E-state index contributed by atoms with van der Waals surface area (Å²) in [7, 11) is 0. The van der Waals surface area contributed by atoms with Gasteiger partial charge in [0.1, 0.15) is 0 Å². The molecule has 4 nitrogen and oxygen atoms in total. The van der Waals surface area contributed by atoms with E-state index in [1.807, 2.05) is 0 Å². The fraction of sp³-hybridized carbons (Fsp3) is 0.875. The van der Waals surface area contributed by atoms with Gasteiger partial charge in [-0.3, -0.25) is 4.79 Å². The summed E-state index contributed by atoms with van der Waals surface area (Å²) in [5.41, 5.74) is 4.64. The fourth-order valence-electron chi connectivity index (χ4n) is 1.23. The van der Waals surface area contributed by atoms with E-state index < -0.39 is 24.4 Å². The number of hydrogen-bond donors (Lipinski definition) is 2. The zero-order valence-electron chi connectivity index (χ0n) is 7.75. The molecule has 0 unspecified atom stereocenters. The highest BCUT2D eigenvalue weighted by atomic mass is 19.3. The number of nitrogens with zero attached hydrogens (tertiary/aromatic N) is 1. The first-order valence-electron chi connectivity index (χ1n) is 4.47. The van der Waals surface area contributed by atoms with Gasteiger partial charge >= 0.3 is 0 Å². The quantitative estimate of drug-likeness (QED) is 0.644. The average molecular weight is 208 g/mol. The molecule has 0 atom stereocenters. The molecule has 0 saturated heterocycles. The number of carbonyl (C=O) groups excluding carboxylic acids is 1. The predicted octanol–water partition coefficient (Wildman–Crippen LogP) is -0.436. The van der Waals surface area contributed by atoms with Crippen molar-refractivity contribution in [2.75, 3.05) is 19.7 Å². The average Bonchev–Trinajstić information content (AvgIpc) is 2.82. The molecule has 1 fully saturated rings. The highest BCUT2D eigenvalue weighted by molar-refractivity contribution is 5.89. The molecule has 1 saturated carbocycles. The molecule has 0 aromatic heterocycles. The molecule has 0 bridgehead atoms. The van der Waals surface area contributed by atoms with Crippen LogP contribution in [0.15, 0.2) is 0 Å². The molecule has 0 aromatic rings. The molecule has 3 N–H and O–H groups in total. The third-order valence-electron chi connectivity index (χ3n) is 2.23. The van der Waals surface area contributed by atoms with Crippen molar-refractivity contribution in [3.8, 4) is 0 Å². The Morgan fingerprint density at radius 1 is 1.57 bits per heavy atom.